The summed E-state index contributed by atoms with van der Waals surface area (Å²) in [4.78, 5) is 21.9. The third-order valence-electron chi connectivity index (χ3n) is 2.41. The Bertz CT molecular complexity index is 608. The summed E-state index contributed by atoms with van der Waals surface area (Å²) in [6.07, 6.45) is 0.140. The van der Waals surface area contributed by atoms with Crippen LogP contribution in [0.2, 0.25) is 0 Å². The summed E-state index contributed by atoms with van der Waals surface area (Å²) < 4.78 is 37.0. The Hall–Kier alpha value is -1.76. The number of amides is 1. The number of nitrogens with zero attached hydrogens (tertiary/aromatic N) is 1. The van der Waals surface area contributed by atoms with Crippen LogP contribution in [-0.4, -0.2) is 32.0 Å². The van der Waals surface area contributed by atoms with Gasteiger partial charge in [0.15, 0.2) is 6.29 Å². The molecule has 16 heavy (non-hydrogen) atoms. The van der Waals surface area contributed by atoms with E-state index in [1.54, 1.807) is 0 Å². The molecule has 1 amide bonds. The average Bonchev–Trinajstić information content (AvgIpc) is 2.41. The molecule has 0 atom stereocenters. The van der Waals surface area contributed by atoms with Gasteiger partial charge in [0.25, 0.3) is 15.9 Å². The Kier molecular flexibility index (Phi) is 2.09. The van der Waals surface area contributed by atoms with Gasteiger partial charge in [-0.2, -0.15) is 0 Å². The van der Waals surface area contributed by atoms with Crippen molar-refractivity contribution in [2.75, 3.05) is 7.05 Å². The monoisotopic (exact) mass is 243 g/mol. The Labute approximate surface area is 90.5 Å². The van der Waals surface area contributed by atoms with Crippen LogP contribution in [0.3, 0.4) is 0 Å². The largest absolute Gasteiger partial charge is 0.298 e. The highest BCUT2D eigenvalue weighted by Gasteiger charge is 2.41. The zero-order valence-electron chi connectivity index (χ0n) is 8.10. The van der Waals surface area contributed by atoms with Crippen molar-refractivity contribution < 1.29 is 22.4 Å². The molecule has 1 aliphatic rings. The second-order valence-electron chi connectivity index (χ2n) is 3.23. The van der Waals surface area contributed by atoms with Gasteiger partial charge < -0.3 is 0 Å². The highest BCUT2D eigenvalue weighted by atomic mass is 32.2. The van der Waals surface area contributed by atoms with E-state index in [0.29, 0.717) is 4.31 Å². The molecule has 0 saturated heterocycles. The molecule has 0 saturated carbocycles. The van der Waals surface area contributed by atoms with Crippen molar-refractivity contribution in [2.24, 2.45) is 0 Å². The standard InChI is InChI=1S/C9H6FNO4S/c1-11-9(13)8-5(4-12)6(10)2-3-7(8)16(11,14)15/h2-4H,1H3. The first kappa shape index (κ1) is 10.7. The van der Waals surface area contributed by atoms with Gasteiger partial charge in [0.2, 0.25) is 0 Å². The summed E-state index contributed by atoms with van der Waals surface area (Å²) in [5.74, 6) is -1.80. The molecule has 0 unspecified atom stereocenters. The van der Waals surface area contributed by atoms with Gasteiger partial charge in [-0.15, -0.1) is 0 Å². The van der Waals surface area contributed by atoms with E-state index in [0.717, 1.165) is 19.2 Å². The first-order chi connectivity index (χ1) is 7.41. The third-order valence-corrected chi connectivity index (χ3v) is 4.19. The number of benzene rings is 1. The lowest BCUT2D eigenvalue weighted by Crippen LogP contribution is -2.25. The molecule has 1 aromatic carbocycles. The minimum Gasteiger partial charge on any atom is -0.298 e. The Morgan fingerprint density at radius 2 is 2.00 bits per heavy atom. The smallest absolute Gasteiger partial charge is 0.269 e. The van der Waals surface area contributed by atoms with Crippen molar-refractivity contribution in [3.63, 3.8) is 0 Å². The molecule has 7 heteroatoms. The first-order valence-electron chi connectivity index (χ1n) is 4.22. The maximum absolute atomic E-state index is 13.2. The molecule has 0 aliphatic carbocycles. The molecule has 1 heterocycles. The number of carbonyl (C=O) groups excluding carboxylic acids is 2. The van der Waals surface area contributed by atoms with Crippen molar-refractivity contribution in [3.05, 3.63) is 29.1 Å². The van der Waals surface area contributed by atoms with Gasteiger partial charge in [-0.05, 0) is 12.1 Å². The van der Waals surface area contributed by atoms with Gasteiger partial charge in [0.1, 0.15) is 10.7 Å². The molecule has 84 valence electrons. The SMILES string of the molecule is CN1C(=O)c2c(ccc(F)c2C=O)S1(=O)=O. The molecular formula is C9H6FNO4S. The molecule has 5 nitrogen and oxygen atoms in total. The fraction of sp³-hybridized carbons (Fsp3) is 0.111. The maximum Gasteiger partial charge on any atom is 0.269 e. The van der Waals surface area contributed by atoms with Crippen molar-refractivity contribution in [1.82, 2.24) is 4.31 Å². The number of halogens is 1. The number of hydrogen-bond acceptors (Lipinski definition) is 4. The summed E-state index contributed by atoms with van der Waals surface area (Å²) in [5, 5.41) is 0. The van der Waals surface area contributed by atoms with E-state index in [1.165, 1.54) is 0 Å². The van der Waals surface area contributed by atoms with Gasteiger partial charge in [-0.3, -0.25) is 9.59 Å². The summed E-state index contributed by atoms with van der Waals surface area (Å²) in [5.41, 5.74) is -0.909. The average molecular weight is 243 g/mol. The summed E-state index contributed by atoms with van der Waals surface area (Å²) in [6.45, 7) is 0. The highest BCUT2D eigenvalue weighted by molar-refractivity contribution is 7.90. The number of rotatable bonds is 1. The minimum atomic E-state index is -3.92. The van der Waals surface area contributed by atoms with E-state index in [9.17, 15) is 22.4 Å². The van der Waals surface area contributed by atoms with Crippen LogP contribution in [0.4, 0.5) is 4.39 Å². The number of sulfonamides is 1. The Morgan fingerprint density at radius 3 is 2.56 bits per heavy atom. The van der Waals surface area contributed by atoms with Gasteiger partial charge >= 0.3 is 0 Å². The van der Waals surface area contributed by atoms with Gasteiger partial charge in [0.05, 0.1) is 11.1 Å². The van der Waals surface area contributed by atoms with E-state index in [2.05, 4.69) is 0 Å². The zero-order valence-corrected chi connectivity index (χ0v) is 8.91. The number of hydrogen-bond donors (Lipinski definition) is 0. The van der Waals surface area contributed by atoms with Crippen LogP contribution < -0.4 is 0 Å². The molecule has 0 aromatic heterocycles. The topological polar surface area (TPSA) is 71.5 Å². The number of fused-ring (bicyclic) bond motifs is 1. The molecule has 1 aliphatic heterocycles. The van der Waals surface area contributed by atoms with E-state index in [-0.39, 0.29) is 11.2 Å². The predicted octanol–water partition coefficient (Wildman–Crippen LogP) is 0.413. The van der Waals surface area contributed by atoms with Crippen LogP contribution in [0, 0.1) is 5.82 Å². The van der Waals surface area contributed by atoms with Crippen molar-refractivity contribution in [1.29, 1.82) is 0 Å². The highest BCUT2D eigenvalue weighted by Crippen LogP contribution is 2.31. The minimum absolute atomic E-state index is 0.140. The predicted molar refractivity (Wildman–Crippen MR) is 51.1 cm³/mol. The van der Waals surface area contributed by atoms with Gasteiger partial charge in [-0.1, -0.05) is 0 Å². The zero-order chi connectivity index (χ0) is 12.1. The van der Waals surface area contributed by atoms with Crippen LogP contribution >= 0.6 is 0 Å². The molecule has 0 N–H and O–H groups in total. The second kappa shape index (κ2) is 3.11. The van der Waals surface area contributed by atoms with Crippen LogP contribution in [0.1, 0.15) is 20.7 Å². The van der Waals surface area contributed by atoms with Crippen molar-refractivity contribution >= 4 is 22.2 Å². The van der Waals surface area contributed by atoms with Gasteiger partial charge in [0, 0.05) is 7.05 Å². The van der Waals surface area contributed by atoms with E-state index >= 15 is 0 Å². The van der Waals surface area contributed by atoms with E-state index < -0.39 is 32.9 Å². The Balaban J connectivity index is 2.92. The molecular weight excluding hydrogens is 237 g/mol. The fourth-order valence-electron chi connectivity index (χ4n) is 1.54. The molecule has 2 rings (SSSR count). The van der Waals surface area contributed by atoms with Gasteiger partial charge in [-0.25, -0.2) is 17.1 Å². The molecule has 0 radical (unpaired) electrons. The first-order valence-corrected chi connectivity index (χ1v) is 5.66. The van der Waals surface area contributed by atoms with Crippen molar-refractivity contribution in [3.8, 4) is 0 Å². The third kappa shape index (κ3) is 1.12. The van der Waals surface area contributed by atoms with Crippen LogP contribution in [-0.2, 0) is 10.0 Å². The quantitative estimate of drug-likeness (QED) is 0.670. The van der Waals surface area contributed by atoms with E-state index in [4.69, 9.17) is 0 Å². The number of carbonyl (C=O) groups is 2. The normalized spacial score (nSPS) is 17.4. The van der Waals surface area contributed by atoms with E-state index in [1.807, 2.05) is 0 Å². The van der Waals surface area contributed by atoms with Crippen LogP contribution in [0.5, 0.6) is 0 Å². The van der Waals surface area contributed by atoms with Crippen LogP contribution in [0.25, 0.3) is 0 Å². The fourth-order valence-corrected chi connectivity index (χ4v) is 2.84. The lowest BCUT2D eigenvalue weighted by atomic mass is 10.1. The lowest BCUT2D eigenvalue weighted by Gasteiger charge is -2.05. The molecule has 0 fully saturated rings. The Morgan fingerprint density at radius 1 is 1.38 bits per heavy atom. The maximum atomic E-state index is 13.2. The number of aldehydes is 1. The summed E-state index contributed by atoms with van der Waals surface area (Å²) in [7, 11) is -2.86. The second-order valence-corrected chi connectivity index (χ2v) is 5.17. The summed E-state index contributed by atoms with van der Waals surface area (Å²) >= 11 is 0. The van der Waals surface area contributed by atoms with Crippen LogP contribution in [0.15, 0.2) is 17.0 Å². The van der Waals surface area contributed by atoms with Crippen molar-refractivity contribution in [2.45, 2.75) is 4.90 Å². The lowest BCUT2D eigenvalue weighted by molar-refractivity contribution is 0.0886. The molecule has 0 bridgehead atoms. The summed E-state index contributed by atoms with van der Waals surface area (Å²) in [6, 6.07) is 1.83. The molecule has 0 spiro atoms. The molecule has 1 aromatic rings.